The predicted molar refractivity (Wildman–Crippen MR) is 161 cm³/mol. The van der Waals surface area contributed by atoms with Crippen LogP contribution in [-0.2, 0) is 6.42 Å². The summed E-state index contributed by atoms with van der Waals surface area (Å²) in [6, 6.07) is 23.3. The minimum atomic E-state index is -0.235. The van der Waals surface area contributed by atoms with E-state index < -0.39 is 0 Å². The molecule has 4 heteroatoms. The zero-order chi connectivity index (χ0) is 26.3. The molecule has 3 aliphatic rings. The van der Waals surface area contributed by atoms with E-state index in [0.29, 0.717) is 0 Å². The predicted octanol–water partition coefficient (Wildman–Crippen LogP) is 6.45. The number of benzene rings is 3. The fourth-order valence-electron chi connectivity index (χ4n) is 6.08. The first kappa shape index (κ1) is 23.8. The lowest BCUT2D eigenvalue weighted by Crippen LogP contribution is -2.39. The molecule has 190 valence electrons. The van der Waals surface area contributed by atoms with Gasteiger partial charge in [-0.05, 0) is 64.6 Å². The van der Waals surface area contributed by atoms with Crippen molar-refractivity contribution in [1.29, 1.82) is 0 Å². The normalized spacial score (nSPS) is 18.8. The lowest BCUT2D eigenvalue weighted by Gasteiger charge is -2.29. The van der Waals surface area contributed by atoms with Crippen LogP contribution in [0.5, 0.6) is 0 Å². The van der Waals surface area contributed by atoms with Crippen molar-refractivity contribution in [2.24, 2.45) is 5.92 Å². The SMILES string of the molecule is Cc1nc(-c2ccccc2)sc1C(=O)C1C=c2c(ccc3c2=CCc2ccccc2-3)C(C2=CC=CC=CN2)C1. The van der Waals surface area contributed by atoms with E-state index in [2.05, 4.69) is 78.2 Å². The molecule has 2 atom stereocenters. The van der Waals surface area contributed by atoms with Crippen molar-refractivity contribution >= 4 is 29.3 Å². The number of carbonyl (C=O) groups excluding carboxylic acids is 1. The third-order valence-electron chi connectivity index (χ3n) is 7.98. The van der Waals surface area contributed by atoms with E-state index in [1.165, 1.54) is 44.0 Å². The molecule has 1 N–H and O–H groups in total. The lowest BCUT2D eigenvalue weighted by atomic mass is 9.76. The molecule has 0 radical (unpaired) electrons. The summed E-state index contributed by atoms with van der Waals surface area (Å²) in [6.07, 6.45) is 16.4. The van der Waals surface area contributed by atoms with Gasteiger partial charge < -0.3 is 5.32 Å². The van der Waals surface area contributed by atoms with Gasteiger partial charge in [-0.2, -0.15) is 0 Å². The Bertz CT molecular complexity index is 1820. The highest BCUT2D eigenvalue weighted by Crippen LogP contribution is 2.37. The lowest BCUT2D eigenvalue weighted by molar-refractivity contribution is 0.0947. The molecule has 3 nitrogen and oxygen atoms in total. The Morgan fingerprint density at radius 1 is 0.923 bits per heavy atom. The van der Waals surface area contributed by atoms with Crippen LogP contribution in [0.2, 0.25) is 0 Å². The molecule has 2 unspecified atom stereocenters. The molecule has 2 aliphatic carbocycles. The summed E-state index contributed by atoms with van der Waals surface area (Å²) in [5, 5.41) is 6.84. The summed E-state index contributed by atoms with van der Waals surface area (Å²) < 4.78 is 0. The van der Waals surface area contributed by atoms with Gasteiger partial charge in [0.05, 0.1) is 10.6 Å². The Hall–Kier alpha value is -4.28. The molecule has 0 fully saturated rings. The molecule has 1 aliphatic heterocycles. The van der Waals surface area contributed by atoms with E-state index >= 15 is 0 Å². The quantitative estimate of drug-likeness (QED) is 0.312. The molecule has 3 aromatic carbocycles. The Labute approximate surface area is 232 Å². The molecular weight excluding hydrogens is 496 g/mol. The monoisotopic (exact) mass is 524 g/mol. The van der Waals surface area contributed by atoms with Crippen molar-refractivity contribution in [3.05, 3.63) is 135 Å². The van der Waals surface area contributed by atoms with E-state index in [4.69, 9.17) is 4.98 Å². The molecular formula is C35H28N2OS. The number of nitrogens with zero attached hydrogens (tertiary/aromatic N) is 1. The second kappa shape index (κ2) is 9.79. The Kier molecular flexibility index (Phi) is 5.98. The highest BCUT2D eigenvalue weighted by Gasteiger charge is 2.32. The minimum Gasteiger partial charge on any atom is -0.364 e. The number of thiazole rings is 1. The fraction of sp³-hybridized carbons (Fsp3) is 0.143. The third kappa shape index (κ3) is 4.21. The Morgan fingerprint density at radius 3 is 2.67 bits per heavy atom. The van der Waals surface area contributed by atoms with Crippen molar-refractivity contribution in [3.8, 4) is 21.7 Å². The first-order valence-corrected chi connectivity index (χ1v) is 14.3. The van der Waals surface area contributed by atoms with Gasteiger partial charge >= 0.3 is 0 Å². The van der Waals surface area contributed by atoms with Gasteiger partial charge in [-0.1, -0.05) is 91.0 Å². The van der Waals surface area contributed by atoms with Crippen molar-refractivity contribution in [2.75, 3.05) is 0 Å². The number of Topliss-reactive ketones (excluding diaryl/α,β-unsaturated/α-hetero) is 1. The third-order valence-corrected chi connectivity index (χ3v) is 9.21. The molecule has 0 saturated carbocycles. The zero-order valence-electron chi connectivity index (χ0n) is 21.7. The van der Waals surface area contributed by atoms with Crippen LogP contribution < -0.4 is 15.8 Å². The summed E-state index contributed by atoms with van der Waals surface area (Å²) in [6.45, 7) is 1.96. The van der Waals surface area contributed by atoms with Gasteiger partial charge in [0.15, 0.2) is 5.78 Å². The van der Waals surface area contributed by atoms with Crippen LogP contribution in [0.3, 0.4) is 0 Å². The molecule has 1 aromatic heterocycles. The summed E-state index contributed by atoms with van der Waals surface area (Å²) in [5.74, 6) is 0.0160. The topological polar surface area (TPSA) is 42.0 Å². The fourth-order valence-corrected chi connectivity index (χ4v) is 7.16. The Balaban J connectivity index is 1.37. The highest BCUT2D eigenvalue weighted by atomic mass is 32.1. The van der Waals surface area contributed by atoms with Crippen LogP contribution in [0, 0.1) is 12.8 Å². The van der Waals surface area contributed by atoms with Crippen LogP contribution in [0.15, 0.2) is 103 Å². The smallest absolute Gasteiger partial charge is 0.181 e. The number of aryl methyl sites for hydroxylation is 1. The maximum absolute atomic E-state index is 14.2. The average Bonchev–Trinajstić information content (AvgIpc) is 3.18. The number of hydrogen-bond acceptors (Lipinski definition) is 4. The largest absolute Gasteiger partial charge is 0.364 e. The number of ketones is 1. The zero-order valence-corrected chi connectivity index (χ0v) is 22.5. The average molecular weight is 525 g/mol. The molecule has 7 rings (SSSR count). The van der Waals surface area contributed by atoms with Crippen molar-refractivity contribution < 1.29 is 4.79 Å². The van der Waals surface area contributed by atoms with Crippen LogP contribution in [0.4, 0.5) is 0 Å². The van der Waals surface area contributed by atoms with Crippen molar-refractivity contribution in [2.45, 2.75) is 25.7 Å². The summed E-state index contributed by atoms with van der Waals surface area (Å²) in [4.78, 5) is 19.8. The van der Waals surface area contributed by atoms with E-state index in [0.717, 1.165) is 39.7 Å². The van der Waals surface area contributed by atoms with Crippen molar-refractivity contribution in [1.82, 2.24) is 10.3 Å². The van der Waals surface area contributed by atoms with Gasteiger partial charge in [-0.15, -0.1) is 11.3 Å². The molecule has 0 bridgehead atoms. The second-order valence-corrected chi connectivity index (χ2v) is 11.3. The van der Waals surface area contributed by atoms with E-state index in [9.17, 15) is 4.79 Å². The van der Waals surface area contributed by atoms with Gasteiger partial charge in [-0.3, -0.25) is 4.79 Å². The molecule has 0 spiro atoms. The Morgan fingerprint density at radius 2 is 1.77 bits per heavy atom. The summed E-state index contributed by atoms with van der Waals surface area (Å²) in [5.41, 5.74) is 8.15. The molecule has 39 heavy (non-hydrogen) atoms. The molecule has 4 aromatic rings. The van der Waals surface area contributed by atoms with Gasteiger partial charge in [0, 0.05) is 29.3 Å². The maximum Gasteiger partial charge on any atom is 0.181 e. The van der Waals surface area contributed by atoms with Gasteiger partial charge in [0.1, 0.15) is 5.01 Å². The molecule has 0 saturated heterocycles. The summed E-state index contributed by atoms with van der Waals surface area (Å²) >= 11 is 1.51. The summed E-state index contributed by atoms with van der Waals surface area (Å²) in [7, 11) is 0. The van der Waals surface area contributed by atoms with E-state index in [1.807, 2.05) is 43.5 Å². The minimum absolute atomic E-state index is 0.0871. The molecule has 2 heterocycles. The van der Waals surface area contributed by atoms with Gasteiger partial charge in [0.2, 0.25) is 0 Å². The van der Waals surface area contributed by atoms with Crippen molar-refractivity contribution in [3.63, 3.8) is 0 Å². The van der Waals surface area contributed by atoms with Crippen LogP contribution in [0.1, 0.15) is 38.8 Å². The second-order valence-electron chi connectivity index (χ2n) is 10.3. The van der Waals surface area contributed by atoms with E-state index in [1.54, 1.807) is 0 Å². The van der Waals surface area contributed by atoms with Gasteiger partial charge in [-0.25, -0.2) is 4.98 Å². The number of hydrogen-bond donors (Lipinski definition) is 1. The van der Waals surface area contributed by atoms with Crippen LogP contribution in [-0.4, -0.2) is 10.8 Å². The van der Waals surface area contributed by atoms with Crippen LogP contribution in [0.25, 0.3) is 33.9 Å². The highest BCUT2D eigenvalue weighted by molar-refractivity contribution is 7.17. The van der Waals surface area contributed by atoms with Crippen LogP contribution >= 0.6 is 11.3 Å². The number of carbonyl (C=O) groups is 1. The number of fused-ring (bicyclic) bond motifs is 5. The van der Waals surface area contributed by atoms with E-state index in [-0.39, 0.29) is 17.6 Å². The number of aromatic nitrogens is 1. The first-order valence-electron chi connectivity index (χ1n) is 13.5. The molecule has 0 amide bonds. The maximum atomic E-state index is 14.2. The number of rotatable bonds is 4. The number of allylic oxidation sites excluding steroid dienone is 5. The first-order chi connectivity index (χ1) is 19.2. The van der Waals surface area contributed by atoms with Gasteiger partial charge in [0.25, 0.3) is 0 Å². The number of nitrogens with one attached hydrogen (secondary N) is 1. The standard InChI is InChI=1S/C35H28N2OS/c1-22-34(39-35(37-22)24-11-4-2-5-12-24)33(38)25-20-30-28-16-15-23-10-7-8-13-26(23)27(28)17-18-29(30)31(21-25)32-14-6-3-9-19-36-32/h2-14,16-20,25,31,36H,15,21H2,1H3.